The number of fused-ring (bicyclic) bond motifs is 3. The summed E-state index contributed by atoms with van der Waals surface area (Å²) in [6, 6.07) is 28.9. The minimum Gasteiger partial charge on any atom is -0.399 e. The molecule has 0 spiro atoms. The zero-order valence-corrected chi connectivity index (χ0v) is 24.1. The van der Waals surface area contributed by atoms with Crippen molar-refractivity contribution in [1.29, 1.82) is 0 Å². The molecule has 2 N–H and O–H groups in total. The largest absolute Gasteiger partial charge is 0.399 e. The number of nitrogens with two attached hydrogens (primary N) is 1. The van der Waals surface area contributed by atoms with Gasteiger partial charge in [-0.3, -0.25) is 9.69 Å². The van der Waals surface area contributed by atoms with Crippen LogP contribution in [0.3, 0.4) is 0 Å². The summed E-state index contributed by atoms with van der Waals surface area (Å²) in [7, 11) is 0. The predicted molar refractivity (Wildman–Crippen MR) is 165 cm³/mol. The molecule has 1 amide bonds. The number of para-hydroxylation sites is 2. The van der Waals surface area contributed by atoms with Crippen LogP contribution in [-0.4, -0.2) is 57.0 Å². The lowest BCUT2D eigenvalue weighted by Gasteiger charge is -2.45. The third-order valence-corrected chi connectivity index (χ3v) is 10.4. The van der Waals surface area contributed by atoms with Gasteiger partial charge in [0.2, 0.25) is 0 Å². The fraction of sp³-hybridized carbons (Fsp3) is 0.429. The van der Waals surface area contributed by atoms with Crippen LogP contribution in [0, 0.1) is 6.92 Å². The third kappa shape index (κ3) is 4.82. The quantitative estimate of drug-likeness (QED) is 0.285. The van der Waals surface area contributed by atoms with Crippen LogP contribution in [0.2, 0.25) is 0 Å². The average molecular weight is 548 g/mol. The Bertz CT molecular complexity index is 1520. The fourth-order valence-corrected chi connectivity index (χ4v) is 8.26. The van der Waals surface area contributed by atoms with Crippen molar-refractivity contribution in [2.75, 3.05) is 25.4 Å². The van der Waals surface area contributed by atoms with Crippen LogP contribution in [0.15, 0.2) is 78.9 Å². The molecule has 212 valence electrons. The van der Waals surface area contributed by atoms with Gasteiger partial charge in [0, 0.05) is 42.5 Å². The molecule has 0 radical (unpaired) electrons. The van der Waals surface area contributed by atoms with Crippen LogP contribution in [0.25, 0.3) is 11.0 Å². The van der Waals surface area contributed by atoms with E-state index in [4.69, 9.17) is 10.7 Å². The van der Waals surface area contributed by atoms with E-state index in [1.807, 2.05) is 23.1 Å². The molecule has 41 heavy (non-hydrogen) atoms. The van der Waals surface area contributed by atoms with Crippen LogP contribution in [0.5, 0.6) is 0 Å². The van der Waals surface area contributed by atoms with E-state index in [9.17, 15) is 4.79 Å². The van der Waals surface area contributed by atoms with Gasteiger partial charge in [0.15, 0.2) is 0 Å². The molecule has 4 aromatic rings. The molecule has 2 unspecified atom stereocenters. The number of carbonyl (C=O) groups is 1. The minimum absolute atomic E-state index is 0.0984. The molecule has 3 aliphatic rings. The molecule has 7 rings (SSSR count). The van der Waals surface area contributed by atoms with E-state index in [0.717, 1.165) is 50.2 Å². The van der Waals surface area contributed by atoms with E-state index in [1.165, 1.54) is 36.8 Å². The number of aromatic nitrogens is 2. The van der Waals surface area contributed by atoms with E-state index in [1.54, 1.807) is 6.07 Å². The highest BCUT2D eigenvalue weighted by Gasteiger charge is 2.44. The standard InChI is InChI=1S/C35H41N5O/c1-25-37-32-12-5-6-13-33(32)40(25)31-23-29-14-15-30(24-31)39(29)21-18-35(27-9-3-2-4-10-27)16-19-38(20-17-35)34(41)26-8-7-11-28(36)22-26/h2-13,22,29-31H,14-21,23-24,36H2,1H3. The first-order valence-electron chi connectivity index (χ1n) is 15.4. The minimum atomic E-state index is 0.0984. The summed E-state index contributed by atoms with van der Waals surface area (Å²) in [6.45, 7) is 4.86. The summed E-state index contributed by atoms with van der Waals surface area (Å²) in [6.07, 6.45) is 8.15. The number of carbonyl (C=O) groups excluding carboxylic acids is 1. The topological polar surface area (TPSA) is 67.4 Å². The van der Waals surface area contributed by atoms with Crippen LogP contribution < -0.4 is 5.73 Å². The molecule has 1 aromatic heterocycles. The number of hydrogen-bond acceptors (Lipinski definition) is 4. The van der Waals surface area contributed by atoms with Gasteiger partial charge in [-0.1, -0.05) is 48.5 Å². The molecule has 6 heteroatoms. The van der Waals surface area contributed by atoms with Gasteiger partial charge >= 0.3 is 0 Å². The zero-order valence-electron chi connectivity index (χ0n) is 24.1. The number of anilines is 1. The number of benzene rings is 3. The maximum Gasteiger partial charge on any atom is 0.253 e. The second-order valence-corrected chi connectivity index (χ2v) is 12.6. The van der Waals surface area contributed by atoms with Crippen molar-refractivity contribution in [3.8, 4) is 0 Å². The van der Waals surface area contributed by atoms with Crippen molar-refractivity contribution in [3.05, 3.63) is 95.8 Å². The van der Waals surface area contributed by atoms with Crippen LogP contribution in [0.4, 0.5) is 5.69 Å². The molecule has 0 aliphatic carbocycles. The molecule has 3 aromatic carbocycles. The van der Waals surface area contributed by atoms with Crippen molar-refractivity contribution in [1.82, 2.24) is 19.4 Å². The number of likely N-dealkylation sites (tertiary alicyclic amines) is 1. The highest BCUT2D eigenvalue weighted by Crippen LogP contribution is 2.45. The predicted octanol–water partition coefficient (Wildman–Crippen LogP) is 6.36. The van der Waals surface area contributed by atoms with Gasteiger partial charge in [0.05, 0.1) is 11.0 Å². The van der Waals surface area contributed by atoms with E-state index >= 15 is 0 Å². The van der Waals surface area contributed by atoms with Gasteiger partial charge < -0.3 is 15.2 Å². The van der Waals surface area contributed by atoms with Crippen LogP contribution in [0.1, 0.15) is 72.7 Å². The summed E-state index contributed by atoms with van der Waals surface area (Å²) in [5.74, 6) is 1.24. The van der Waals surface area contributed by atoms with Gasteiger partial charge in [0.1, 0.15) is 5.82 Å². The molecule has 3 fully saturated rings. The summed E-state index contributed by atoms with van der Waals surface area (Å²) in [5, 5.41) is 0. The van der Waals surface area contributed by atoms with Gasteiger partial charge in [-0.15, -0.1) is 0 Å². The van der Waals surface area contributed by atoms with Gasteiger partial charge in [-0.2, -0.15) is 0 Å². The van der Waals surface area contributed by atoms with Crippen molar-refractivity contribution >= 4 is 22.6 Å². The van der Waals surface area contributed by atoms with Crippen LogP contribution >= 0.6 is 0 Å². The zero-order chi connectivity index (χ0) is 28.0. The summed E-state index contributed by atoms with van der Waals surface area (Å²) in [4.78, 5) is 23.0. The Morgan fingerprint density at radius 2 is 1.61 bits per heavy atom. The highest BCUT2D eigenvalue weighted by molar-refractivity contribution is 5.95. The Balaban J connectivity index is 1.06. The molecule has 2 bridgehead atoms. The molecule has 6 nitrogen and oxygen atoms in total. The van der Waals surface area contributed by atoms with Crippen molar-refractivity contribution in [2.24, 2.45) is 0 Å². The van der Waals surface area contributed by atoms with Crippen molar-refractivity contribution in [3.63, 3.8) is 0 Å². The van der Waals surface area contributed by atoms with Crippen molar-refractivity contribution in [2.45, 2.75) is 75.4 Å². The summed E-state index contributed by atoms with van der Waals surface area (Å²) >= 11 is 0. The second-order valence-electron chi connectivity index (χ2n) is 12.6. The van der Waals surface area contributed by atoms with Crippen molar-refractivity contribution < 1.29 is 4.79 Å². The first kappa shape index (κ1) is 26.3. The monoisotopic (exact) mass is 547 g/mol. The van der Waals surface area contributed by atoms with Gasteiger partial charge in [-0.25, -0.2) is 4.98 Å². The lowest BCUT2D eigenvalue weighted by molar-refractivity contribution is 0.0607. The normalized spacial score (nSPS) is 24.1. The lowest BCUT2D eigenvalue weighted by atomic mass is 9.70. The Morgan fingerprint density at radius 1 is 0.902 bits per heavy atom. The average Bonchev–Trinajstić information content (AvgIpc) is 3.46. The number of hydrogen-bond donors (Lipinski definition) is 1. The van der Waals surface area contributed by atoms with E-state index < -0.39 is 0 Å². The van der Waals surface area contributed by atoms with Crippen LogP contribution in [-0.2, 0) is 5.41 Å². The van der Waals surface area contributed by atoms with E-state index in [-0.39, 0.29) is 11.3 Å². The van der Waals surface area contributed by atoms with Gasteiger partial charge in [0.25, 0.3) is 5.91 Å². The first-order chi connectivity index (χ1) is 20.0. The van der Waals surface area contributed by atoms with Gasteiger partial charge in [-0.05, 0) is 99.7 Å². The first-order valence-corrected chi connectivity index (χ1v) is 15.4. The SMILES string of the molecule is Cc1nc2ccccc2n1C1CC2CCC(C1)N2CCC1(c2ccccc2)CCN(C(=O)c2cccc(N)c2)CC1. The summed E-state index contributed by atoms with van der Waals surface area (Å²) in [5.41, 5.74) is 11.2. The van der Waals surface area contributed by atoms with E-state index in [0.29, 0.717) is 29.4 Å². The number of nitrogen functional groups attached to an aromatic ring is 1. The molecule has 3 saturated heterocycles. The lowest BCUT2D eigenvalue weighted by Crippen LogP contribution is -2.49. The Hall–Kier alpha value is -3.64. The molecule has 2 atom stereocenters. The Morgan fingerprint density at radius 3 is 2.34 bits per heavy atom. The highest BCUT2D eigenvalue weighted by atomic mass is 16.2. The van der Waals surface area contributed by atoms with E-state index in [2.05, 4.69) is 71.0 Å². The number of rotatable bonds is 6. The molecular formula is C35H41N5O. The number of amides is 1. The Kier molecular flexibility index (Phi) is 6.82. The second kappa shape index (κ2) is 10.6. The third-order valence-electron chi connectivity index (χ3n) is 10.4. The number of imidazole rings is 1. The maximum absolute atomic E-state index is 13.3. The molecular weight excluding hydrogens is 506 g/mol. The smallest absolute Gasteiger partial charge is 0.253 e. The fourth-order valence-electron chi connectivity index (χ4n) is 8.26. The Labute approximate surface area is 243 Å². The summed E-state index contributed by atoms with van der Waals surface area (Å²) < 4.78 is 2.52. The maximum atomic E-state index is 13.3. The molecule has 4 heterocycles. The molecule has 3 aliphatic heterocycles. The number of nitrogens with zero attached hydrogens (tertiary/aromatic N) is 4. The molecule has 0 saturated carbocycles. The number of piperidine rings is 2. The number of aryl methyl sites for hydroxylation is 1.